The van der Waals surface area contributed by atoms with Crippen molar-refractivity contribution in [1.82, 2.24) is 5.43 Å². The largest absolute Gasteiger partial charge is 0.271 e. The highest BCUT2D eigenvalue weighted by Crippen LogP contribution is 2.30. The molecule has 0 aliphatic heterocycles. The number of aryl methyl sites for hydroxylation is 1. The van der Waals surface area contributed by atoms with Gasteiger partial charge in [-0.2, -0.15) is 0 Å². The summed E-state index contributed by atoms with van der Waals surface area (Å²) in [4.78, 5) is 2.37. The Kier molecular flexibility index (Phi) is 4.13. The lowest BCUT2D eigenvalue weighted by atomic mass is 10.1. The van der Waals surface area contributed by atoms with Crippen LogP contribution in [0.25, 0.3) is 0 Å². The number of nitrogens with two attached hydrogens (primary N) is 1. The van der Waals surface area contributed by atoms with Gasteiger partial charge in [0.2, 0.25) is 0 Å². The van der Waals surface area contributed by atoms with Gasteiger partial charge in [-0.15, -0.1) is 11.3 Å². The van der Waals surface area contributed by atoms with Crippen LogP contribution >= 0.6 is 33.9 Å². The van der Waals surface area contributed by atoms with Gasteiger partial charge in [0.1, 0.15) is 5.82 Å². The molecule has 1 aromatic heterocycles. The van der Waals surface area contributed by atoms with Crippen LogP contribution in [-0.2, 0) is 0 Å². The third-order valence-electron chi connectivity index (χ3n) is 2.49. The van der Waals surface area contributed by atoms with Crippen LogP contribution in [0.3, 0.4) is 0 Å². The number of hydrazine groups is 1. The Bertz CT molecular complexity index is 527. The number of thiophene rings is 1. The van der Waals surface area contributed by atoms with Crippen LogP contribution in [0.5, 0.6) is 0 Å². The van der Waals surface area contributed by atoms with Crippen LogP contribution in [-0.4, -0.2) is 0 Å². The van der Waals surface area contributed by atoms with Gasteiger partial charge in [0.25, 0.3) is 0 Å². The van der Waals surface area contributed by atoms with Crippen LogP contribution in [0.1, 0.15) is 21.4 Å². The Hall–Kier alpha value is -0.500. The molecule has 0 fully saturated rings. The van der Waals surface area contributed by atoms with E-state index in [9.17, 15) is 4.39 Å². The number of halogens is 2. The molecule has 0 spiro atoms. The Balaban J connectivity index is 2.42. The Labute approximate surface area is 117 Å². The summed E-state index contributed by atoms with van der Waals surface area (Å²) in [5.74, 6) is 5.39. The molecule has 3 N–H and O–H groups in total. The fourth-order valence-corrected chi connectivity index (χ4v) is 3.41. The molecule has 5 heteroatoms. The van der Waals surface area contributed by atoms with Crippen molar-refractivity contribution >= 4 is 33.9 Å². The Morgan fingerprint density at radius 3 is 2.65 bits per heavy atom. The Morgan fingerprint density at radius 1 is 1.35 bits per heavy atom. The molecule has 0 bridgehead atoms. The van der Waals surface area contributed by atoms with Gasteiger partial charge in [0.15, 0.2) is 0 Å². The SMILES string of the molecule is Cc1ccc(C(NN)c2ccc(F)cc2I)s1. The van der Waals surface area contributed by atoms with E-state index in [2.05, 4.69) is 41.0 Å². The van der Waals surface area contributed by atoms with E-state index < -0.39 is 0 Å². The first-order valence-electron chi connectivity index (χ1n) is 5.09. The van der Waals surface area contributed by atoms with Crippen molar-refractivity contribution < 1.29 is 4.39 Å². The normalized spacial score (nSPS) is 12.7. The quantitative estimate of drug-likeness (QED) is 0.499. The maximum absolute atomic E-state index is 13.1. The van der Waals surface area contributed by atoms with Crippen molar-refractivity contribution in [2.45, 2.75) is 13.0 Å². The van der Waals surface area contributed by atoms with E-state index in [1.165, 1.54) is 17.0 Å². The molecule has 1 heterocycles. The van der Waals surface area contributed by atoms with Gasteiger partial charge < -0.3 is 0 Å². The maximum atomic E-state index is 13.1. The molecule has 0 aliphatic carbocycles. The molecule has 2 nitrogen and oxygen atoms in total. The molecule has 0 radical (unpaired) electrons. The van der Waals surface area contributed by atoms with Crippen molar-refractivity contribution in [2.75, 3.05) is 0 Å². The first-order chi connectivity index (χ1) is 8.11. The number of nitrogens with one attached hydrogen (secondary N) is 1. The highest BCUT2D eigenvalue weighted by atomic mass is 127. The minimum atomic E-state index is -0.226. The summed E-state index contributed by atoms with van der Waals surface area (Å²) >= 11 is 3.82. The number of hydrogen-bond acceptors (Lipinski definition) is 3. The average Bonchev–Trinajstić information content (AvgIpc) is 2.69. The standard InChI is InChI=1S/C12H12FIN2S/c1-7-2-5-11(17-7)12(16-15)9-4-3-8(13)6-10(9)14/h2-6,12,16H,15H2,1H3. The van der Waals surface area contributed by atoms with Crippen LogP contribution in [0.15, 0.2) is 30.3 Å². The van der Waals surface area contributed by atoms with Gasteiger partial charge in [0, 0.05) is 13.3 Å². The van der Waals surface area contributed by atoms with Crippen molar-refractivity contribution in [3.05, 3.63) is 55.0 Å². The summed E-state index contributed by atoms with van der Waals surface area (Å²) in [5, 5.41) is 0. The van der Waals surface area contributed by atoms with E-state index in [4.69, 9.17) is 5.84 Å². The summed E-state index contributed by atoms with van der Waals surface area (Å²) in [6.07, 6.45) is 0. The highest BCUT2D eigenvalue weighted by Gasteiger charge is 2.17. The van der Waals surface area contributed by atoms with E-state index >= 15 is 0 Å². The van der Waals surface area contributed by atoms with Gasteiger partial charge in [-0.1, -0.05) is 6.07 Å². The Morgan fingerprint density at radius 2 is 2.12 bits per heavy atom. The average molecular weight is 362 g/mol. The second kappa shape index (κ2) is 5.43. The minimum Gasteiger partial charge on any atom is -0.271 e. The summed E-state index contributed by atoms with van der Waals surface area (Å²) in [6.45, 7) is 2.05. The molecule has 0 aliphatic rings. The molecule has 2 rings (SSSR count). The molecule has 1 aromatic carbocycles. The van der Waals surface area contributed by atoms with E-state index in [0.717, 1.165) is 14.0 Å². The zero-order chi connectivity index (χ0) is 12.4. The number of benzene rings is 1. The monoisotopic (exact) mass is 362 g/mol. The molecule has 0 saturated heterocycles. The van der Waals surface area contributed by atoms with Gasteiger partial charge in [-0.25, -0.2) is 9.82 Å². The smallest absolute Gasteiger partial charge is 0.124 e. The van der Waals surface area contributed by atoms with E-state index in [0.29, 0.717) is 0 Å². The summed E-state index contributed by atoms with van der Waals surface area (Å²) < 4.78 is 13.9. The zero-order valence-electron chi connectivity index (χ0n) is 9.21. The lowest BCUT2D eigenvalue weighted by molar-refractivity contribution is 0.615. The van der Waals surface area contributed by atoms with Crippen LogP contribution < -0.4 is 11.3 Å². The lowest BCUT2D eigenvalue weighted by Crippen LogP contribution is -2.28. The van der Waals surface area contributed by atoms with Crippen molar-refractivity contribution in [3.63, 3.8) is 0 Å². The van der Waals surface area contributed by atoms with Crippen LogP contribution in [0.2, 0.25) is 0 Å². The molecule has 1 unspecified atom stereocenters. The highest BCUT2D eigenvalue weighted by molar-refractivity contribution is 14.1. The molecule has 0 amide bonds. The molecule has 0 saturated carbocycles. The molecular formula is C12H12FIN2S. The maximum Gasteiger partial charge on any atom is 0.124 e. The van der Waals surface area contributed by atoms with Gasteiger partial charge in [-0.05, 0) is 59.3 Å². The van der Waals surface area contributed by atoms with Gasteiger partial charge in [-0.3, -0.25) is 5.84 Å². The van der Waals surface area contributed by atoms with Crippen molar-refractivity contribution in [1.29, 1.82) is 0 Å². The number of hydrogen-bond donors (Lipinski definition) is 2. The zero-order valence-corrected chi connectivity index (χ0v) is 12.2. The molecule has 1 atom stereocenters. The molecular weight excluding hydrogens is 350 g/mol. The van der Waals surface area contributed by atoms with E-state index in [1.54, 1.807) is 17.4 Å². The number of rotatable bonds is 3. The first-order valence-corrected chi connectivity index (χ1v) is 6.98. The predicted octanol–water partition coefficient (Wildman–Crippen LogP) is 3.35. The lowest BCUT2D eigenvalue weighted by Gasteiger charge is -2.16. The summed E-state index contributed by atoms with van der Waals surface area (Å²) in [6, 6.07) is 8.77. The third-order valence-corrected chi connectivity index (χ3v) is 4.49. The van der Waals surface area contributed by atoms with Crippen LogP contribution in [0.4, 0.5) is 4.39 Å². The predicted molar refractivity (Wildman–Crippen MR) is 77.3 cm³/mol. The first kappa shape index (κ1) is 12.9. The van der Waals surface area contributed by atoms with Gasteiger partial charge >= 0.3 is 0 Å². The minimum absolute atomic E-state index is 0.0822. The van der Waals surface area contributed by atoms with E-state index in [1.807, 2.05) is 6.07 Å². The van der Waals surface area contributed by atoms with Crippen molar-refractivity contribution in [2.24, 2.45) is 5.84 Å². The second-order valence-corrected chi connectivity index (χ2v) is 6.20. The topological polar surface area (TPSA) is 38.0 Å². The third kappa shape index (κ3) is 2.85. The molecule has 17 heavy (non-hydrogen) atoms. The van der Waals surface area contributed by atoms with Gasteiger partial charge in [0.05, 0.1) is 6.04 Å². The fourth-order valence-electron chi connectivity index (χ4n) is 1.67. The fraction of sp³-hybridized carbons (Fsp3) is 0.167. The molecule has 90 valence electrons. The summed E-state index contributed by atoms with van der Waals surface area (Å²) in [5.41, 5.74) is 3.79. The van der Waals surface area contributed by atoms with Crippen LogP contribution in [0, 0.1) is 16.3 Å². The van der Waals surface area contributed by atoms with E-state index in [-0.39, 0.29) is 11.9 Å². The van der Waals surface area contributed by atoms with Crippen molar-refractivity contribution in [3.8, 4) is 0 Å². The molecule has 2 aromatic rings. The summed E-state index contributed by atoms with van der Waals surface area (Å²) in [7, 11) is 0. The second-order valence-electron chi connectivity index (χ2n) is 3.71.